The monoisotopic (exact) mass is 541 g/mol. The average molecular weight is 542 g/mol. The molecular formula is C31H39N7O2. The maximum atomic E-state index is 11.7. The number of rotatable bonds is 6. The molecule has 0 aliphatic carbocycles. The Balaban J connectivity index is 1.38. The van der Waals surface area contributed by atoms with E-state index in [0.717, 1.165) is 91.4 Å². The molecule has 1 atom stereocenters. The number of amides is 1. The summed E-state index contributed by atoms with van der Waals surface area (Å²) in [6, 6.07) is 12.8. The van der Waals surface area contributed by atoms with Gasteiger partial charge in [0.25, 0.3) is 0 Å². The van der Waals surface area contributed by atoms with Gasteiger partial charge in [0.1, 0.15) is 17.4 Å². The first-order valence-corrected chi connectivity index (χ1v) is 14.2. The third kappa shape index (κ3) is 5.54. The van der Waals surface area contributed by atoms with Crippen molar-refractivity contribution in [2.24, 2.45) is 0 Å². The van der Waals surface area contributed by atoms with Gasteiger partial charge in [0, 0.05) is 63.7 Å². The Labute approximate surface area is 236 Å². The summed E-state index contributed by atoms with van der Waals surface area (Å²) in [5, 5.41) is 14.1. The smallest absolute Gasteiger partial charge is 0.219 e. The first-order chi connectivity index (χ1) is 19.3. The normalized spacial score (nSPS) is 17.5. The largest absolute Gasteiger partial charge is 0.495 e. The molecule has 3 heterocycles. The fraction of sp³-hybridized carbons (Fsp3) is 0.484. The minimum absolute atomic E-state index is 0.0458. The lowest BCUT2D eigenvalue weighted by atomic mass is 9.98. The van der Waals surface area contributed by atoms with Gasteiger partial charge in [-0.05, 0) is 56.9 Å². The molecule has 1 N–H and O–H groups in total. The average Bonchev–Trinajstić information content (AvgIpc) is 2.96. The van der Waals surface area contributed by atoms with Gasteiger partial charge in [-0.25, -0.2) is 9.97 Å². The molecule has 0 unspecified atom stereocenters. The Hall–Kier alpha value is -3.90. The van der Waals surface area contributed by atoms with E-state index in [1.165, 1.54) is 0 Å². The van der Waals surface area contributed by atoms with Crippen molar-refractivity contribution in [3.63, 3.8) is 0 Å². The highest BCUT2D eigenvalue weighted by Crippen LogP contribution is 2.37. The number of nitrogens with zero attached hydrogens (tertiary/aromatic N) is 6. The number of benzene rings is 2. The molecule has 0 saturated carbocycles. The lowest BCUT2D eigenvalue weighted by Gasteiger charge is -2.43. The summed E-state index contributed by atoms with van der Waals surface area (Å²) in [5.74, 6) is 2.45. The number of methoxy groups -OCH3 is 1. The van der Waals surface area contributed by atoms with Crippen LogP contribution in [0.25, 0.3) is 10.9 Å². The van der Waals surface area contributed by atoms with Crippen molar-refractivity contribution in [3.8, 4) is 11.8 Å². The maximum Gasteiger partial charge on any atom is 0.219 e. The van der Waals surface area contributed by atoms with Gasteiger partial charge in [-0.3, -0.25) is 9.69 Å². The number of carbonyl (C=O) groups is 1. The minimum Gasteiger partial charge on any atom is -0.495 e. The lowest BCUT2D eigenvalue weighted by molar-refractivity contribution is -0.130. The van der Waals surface area contributed by atoms with E-state index in [1.807, 2.05) is 36.9 Å². The number of nitriles is 1. The standard InChI is InChI=1S/C31H39N7O2/c1-20-24(19-32)7-6-8-26(20)21(2)33-31-27-17-29(30(40-5)18-28(27)34-22(3)35-31)38-11-9-25(10-12-38)37-15-13-36(14-16-37)23(4)39/h6-8,17-18,21,25H,9-16H2,1-5H3,(H,33,34,35)/t21-/m1/s1. The topological polar surface area (TPSA) is 97.6 Å². The van der Waals surface area contributed by atoms with Crippen LogP contribution in [0.4, 0.5) is 11.5 Å². The Bertz CT molecular complexity index is 1430. The van der Waals surface area contributed by atoms with E-state index in [-0.39, 0.29) is 11.9 Å². The Morgan fingerprint density at radius 3 is 2.48 bits per heavy atom. The number of ether oxygens (including phenoxy) is 1. The van der Waals surface area contributed by atoms with Crippen molar-refractivity contribution in [1.29, 1.82) is 5.26 Å². The molecule has 2 saturated heterocycles. The van der Waals surface area contributed by atoms with Gasteiger partial charge in [0.15, 0.2) is 0 Å². The number of hydrogen-bond acceptors (Lipinski definition) is 8. The molecule has 2 aromatic carbocycles. The first-order valence-electron chi connectivity index (χ1n) is 14.2. The predicted molar refractivity (Wildman–Crippen MR) is 158 cm³/mol. The molecule has 1 aromatic heterocycles. The van der Waals surface area contributed by atoms with Crippen molar-refractivity contribution in [1.82, 2.24) is 19.8 Å². The summed E-state index contributed by atoms with van der Waals surface area (Å²) < 4.78 is 5.85. The second kappa shape index (κ2) is 11.7. The van der Waals surface area contributed by atoms with Crippen molar-refractivity contribution < 1.29 is 9.53 Å². The zero-order valence-electron chi connectivity index (χ0n) is 24.2. The van der Waals surface area contributed by atoms with E-state index >= 15 is 0 Å². The molecule has 0 radical (unpaired) electrons. The predicted octanol–water partition coefficient (Wildman–Crippen LogP) is 4.43. The molecule has 210 valence electrons. The quantitative estimate of drug-likeness (QED) is 0.490. The molecular weight excluding hydrogens is 502 g/mol. The van der Waals surface area contributed by atoms with Crippen LogP contribution in [0.5, 0.6) is 5.75 Å². The number of fused-ring (bicyclic) bond motifs is 1. The molecule has 2 aliphatic heterocycles. The van der Waals surface area contributed by atoms with Gasteiger partial charge in [-0.2, -0.15) is 5.26 Å². The third-order valence-electron chi connectivity index (χ3n) is 8.51. The van der Waals surface area contributed by atoms with E-state index in [1.54, 1.807) is 14.0 Å². The molecule has 5 rings (SSSR count). The summed E-state index contributed by atoms with van der Waals surface area (Å²) in [6.45, 7) is 13.1. The van der Waals surface area contributed by atoms with Crippen LogP contribution in [0.2, 0.25) is 0 Å². The summed E-state index contributed by atoms with van der Waals surface area (Å²) in [6.07, 6.45) is 2.14. The highest BCUT2D eigenvalue weighted by Gasteiger charge is 2.29. The number of carbonyl (C=O) groups excluding carboxylic acids is 1. The van der Waals surface area contributed by atoms with Crippen molar-refractivity contribution in [2.75, 3.05) is 56.6 Å². The number of aryl methyl sites for hydroxylation is 1. The number of piperazine rings is 1. The zero-order valence-corrected chi connectivity index (χ0v) is 24.2. The Kier molecular flexibility index (Phi) is 8.08. The molecule has 0 spiro atoms. The molecule has 1 amide bonds. The second-order valence-corrected chi connectivity index (χ2v) is 10.9. The van der Waals surface area contributed by atoms with Gasteiger partial charge in [-0.1, -0.05) is 12.1 Å². The Morgan fingerprint density at radius 2 is 1.82 bits per heavy atom. The molecule has 9 heteroatoms. The number of piperidine rings is 1. The SMILES string of the molecule is COc1cc2nc(C)nc(N[C@H](C)c3cccc(C#N)c3C)c2cc1N1CCC(N2CCN(C(C)=O)CC2)CC1. The highest BCUT2D eigenvalue weighted by molar-refractivity contribution is 5.94. The zero-order chi connectivity index (χ0) is 28.4. The van der Waals surface area contributed by atoms with Gasteiger partial charge in [0.05, 0.1) is 36.0 Å². The van der Waals surface area contributed by atoms with E-state index in [2.05, 4.69) is 40.2 Å². The molecule has 9 nitrogen and oxygen atoms in total. The van der Waals surface area contributed by atoms with Crippen LogP contribution in [0.15, 0.2) is 30.3 Å². The summed E-state index contributed by atoms with van der Waals surface area (Å²) >= 11 is 0. The van der Waals surface area contributed by atoms with E-state index < -0.39 is 0 Å². The van der Waals surface area contributed by atoms with Gasteiger partial charge in [-0.15, -0.1) is 0 Å². The molecule has 2 aliphatic rings. The van der Waals surface area contributed by atoms with Crippen LogP contribution in [0.1, 0.15) is 55.2 Å². The number of hydrogen-bond donors (Lipinski definition) is 1. The van der Waals surface area contributed by atoms with Crippen LogP contribution in [0, 0.1) is 25.2 Å². The molecule has 0 bridgehead atoms. The molecule has 40 heavy (non-hydrogen) atoms. The summed E-state index contributed by atoms with van der Waals surface area (Å²) in [5.41, 5.74) is 4.63. The number of aromatic nitrogens is 2. The fourth-order valence-corrected chi connectivity index (χ4v) is 6.18. The Morgan fingerprint density at radius 1 is 1.10 bits per heavy atom. The van der Waals surface area contributed by atoms with Crippen molar-refractivity contribution in [2.45, 2.75) is 52.6 Å². The summed E-state index contributed by atoms with van der Waals surface area (Å²) in [4.78, 5) is 28.1. The van der Waals surface area contributed by atoms with Gasteiger partial charge >= 0.3 is 0 Å². The van der Waals surface area contributed by atoms with Crippen LogP contribution < -0.4 is 15.0 Å². The summed E-state index contributed by atoms with van der Waals surface area (Å²) in [7, 11) is 1.71. The van der Waals surface area contributed by atoms with Crippen LogP contribution in [-0.2, 0) is 4.79 Å². The van der Waals surface area contributed by atoms with E-state index in [0.29, 0.717) is 17.4 Å². The van der Waals surface area contributed by atoms with E-state index in [4.69, 9.17) is 14.7 Å². The molecule has 2 fully saturated rings. The van der Waals surface area contributed by atoms with Crippen molar-refractivity contribution in [3.05, 3.63) is 52.8 Å². The highest BCUT2D eigenvalue weighted by atomic mass is 16.5. The second-order valence-electron chi connectivity index (χ2n) is 10.9. The maximum absolute atomic E-state index is 11.7. The van der Waals surface area contributed by atoms with E-state index in [9.17, 15) is 10.1 Å². The van der Waals surface area contributed by atoms with Crippen LogP contribution in [-0.4, -0.2) is 78.1 Å². The molecule has 3 aromatic rings. The van der Waals surface area contributed by atoms with Gasteiger partial charge in [0.2, 0.25) is 5.91 Å². The lowest BCUT2D eigenvalue weighted by Crippen LogP contribution is -2.54. The number of nitrogens with one attached hydrogen (secondary N) is 1. The minimum atomic E-state index is -0.0458. The fourth-order valence-electron chi connectivity index (χ4n) is 6.18. The third-order valence-corrected chi connectivity index (χ3v) is 8.51. The van der Waals surface area contributed by atoms with Gasteiger partial charge < -0.3 is 19.9 Å². The van der Waals surface area contributed by atoms with Crippen molar-refractivity contribution >= 4 is 28.3 Å². The van der Waals surface area contributed by atoms with Crippen LogP contribution >= 0.6 is 0 Å². The first kappa shape index (κ1) is 27.7. The van der Waals surface area contributed by atoms with Crippen LogP contribution in [0.3, 0.4) is 0 Å². The number of anilines is 2.